The average Bonchev–Trinajstić information content (AvgIpc) is 3.32. The molecule has 3 N–H and O–H groups in total. The number of halogens is 2. The predicted octanol–water partition coefficient (Wildman–Crippen LogP) is 4.28. The van der Waals surface area contributed by atoms with Gasteiger partial charge in [0, 0.05) is 29.7 Å². The number of benzene rings is 2. The van der Waals surface area contributed by atoms with Crippen LogP contribution in [0.25, 0.3) is 10.9 Å². The number of rotatable bonds is 7. The summed E-state index contributed by atoms with van der Waals surface area (Å²) in [5.41, 5.74) is 3.83. The highest BCUT2D eigenvalue weighted by Gasteiger charge is 2.21. The molecule has 0 unspecified atom stereocenters. The first-order chi connectivity index (χ1) is 16.1. The molecule has 2 aromatic carbocycles. The molecule has 3 heterocycles. The zero-order valence-corrected chi connectivity index (χ0v) is 18.1. The van der Waals surface area contributed by atoms with Crippen LogP contribution in [0.3, 0.4) is 0 Å². The lowest BCUT2D eigenvalue weighted by atomic mass is 10.0. The molecule has 2 aromatic heterocycles. The van der Waals surface area contributed by atoms with Gasteiger partial charge in [-0.3, -0.25) is 4.98 Å². The van der Waals surface area contributed by atoms with Gasteiger partial charge in [-0.05, 0) is 29.8 Å². The quantitative estimate of drug-likeness (QED) is 0.375. The van der Waals surface area contributed by atoms with Crippen LogP contribution in [-0.4, -0.2) is 40.2 Å². The molecule has 1 fully saturated rings. The van der Waals surface area contributed by atoms with E-state index in [1.165, 1.54) is 18.3 Å². The third-order valence-corrected chi connectivity index (χ3v) is 5.85. The highest BCUT2D eigenvalue weighted by atomic mass is 35.5. The SMILES string of the molecule is N#Cc1cnc2c(Cl)cc(N[C@@H](c3ccc(F)cc3)c3cn[nH]n3)cc2c1NCC1COC1. The summed E-state index contributed by atoms with van der Waals surface area (Å²) in [6, 6.07) is 11.6. The highest BCUT2D eigenvalue weighted by Crippen LogP contribution is 2.35. The second kappa shape index (κ2) is 9.02. The molecule has 1 aliphatic heterocycles. The van der Waals surface area contributed by atoms with E-state index >= 15 is 0 Å². The van der Waals surface area contributed by atoms with Crippen LogP contribution in [0, 0.1) is 23.1 Å². The number of pyridine rings is 1. The van der Waals surface area contributed by atoms with Crippen molar-refractivity contribution in [3.05, 3.63) is 76.5 Å². The summed E-state index contributed by atoms with van der Waals surface area (Å²) in [7, 11) is 0. The Balaban J connectivity index is 1.55. The Labute approximate surface area is 193 Å². The number of nitrogens with one attached hydrogen (secondary N) is 3. The maximum absolute atomic E-state index is 13.5. The Hall–Kier alpha value is -3.74. The van der Waals surface area contributed by atoms with E-state index < -0.39 is 6.04 Å². The first-order valence-electron chi connectivity index (χ1n) is 10.3. The molecular formula is C23H19ClFN7O. The summed E-state index contributed by atoms with van der Waals surface area (Å²) < 4.78 is 18.8. The fourth-order valence-electron chi connectivity index (χ4n) is 3.77. The van der Waals surface area contributed by atoms with Gasteiger partial charge in [0.25, 0.3) is 0 Å². The third-order valence-electron chi connectivity index (χ3n) is 5.56. The number of fused-ring (bicyclic) bond motifs is 1. The summed E-state index contributed by atoms with van der Waals surface area (Å²) in [5, 5.41) is 28.3. The molecule has 4 aromatic rings. The van der Waals surface area contributed by atoms with Gasteiger partial charge in [-0.2, -0.15) is 20.7 Å². The molecule has 1 saturated heterocycles. The largest absolute Gasteiger partial charge is 0.383 e. The number of hydrogen-bond acceptors (Lipinski definition) is 7. The fraction of sp³-hybridized carbons (Fsp3) is 0.217. The number of hydrogen-bond donors (Lipinski definition) is 3. The number of nitriles is 1. The van der Waals surface area contributed by atoms with Crippen molar-refractivity contribution in [2.45, 2.75) is 6.04 Å². The molecule has 166 valence electrons. The van der Waals surface area contributed by atoms with Crippen molar-refractivity contribution in [1.29, 1.82) is 5.26 Å². The number of H-pyrrole nitrogens is 1. The zero-order valence-electron chi connectivity index (χ0n) is 17.3. The maximum atomic E-state index is 13.5. The first kappa shape index (κ1) is 21.1. The number of anilines is 2. The van der Waals surface area contributed by atoms with Gasteiger partial charge in [0.15, 0.2) is 0 Å². The molecule has 0 spiro atoms. The van der Waals surface area contributed by atoms with Crippen LogP contribution < -0.4 is 10.6 Å². The van der Waals surface area contributed by atoms with Crippen LogP contribution in [0.1, 0.15) is 22.9 Å². The van der Waals surface area contributed by atoms with Crippen molar-refractivity contribution in [3.8, 4) is 6.07 Å². The van der Waals surface area contributed by atoms with Crippen molar-refractivity contribution in [2.75, 3.05) is 30.4 Å². The lowest BCUT2D eigenvalue weighted by Gasteiger charge is -2.27. The van der Waals surface area contributed by atoms with Gasteiger partial charge in [-0.25, -0.2) is 4.39 Å². The minimum absolute atomic E-state index is 0.325. The van der Waals surface area contributed by atoms with Gasteiger partial charge in [0.1, 0.15) is 17.6 Å². The molecule has 0 saturated carbocycles. The molecule has 1 aliphatic rings. The van der Waals surface area contributed by atoms with E-state index in [0.717, 1.165) is 10.9 Å². The lowest BCUT2D eigenvalue weighted by Crippen LogP contribution is -2.33. The number of aromatic amines is 1. The van der Waals surface area contributed by atoms with Crippen molar-refractivity contribution in [2.24, 2.45) is 5.92 Å². The number of aromatic nitrogens is 4. The molecule has 1 atom stereocenters. The minimum atomic E-state index is -0.409. The second-order valence-electron chi connectivity index (χ2n) is 7.82. The third kappa shape index (κ3) is 4.31. The number of nitrogens with zero attached hydrogens (tertiary/aromatic N) is 4. The van der Waals surface area contributed by atoms with Crippen molar-refractivity contribution in [1.82, 2.24) is 20.4 Å². The molecule has 8 nitrogen and oxygen atoms in total. The van der Waals surface area contributed by atoms with E-state index in [0.29, 0.717) is 58.8 Å². The molecular weight excluding hydrogens is 445 g/mol. The molecule has 0 radical (unpaired) electrons. The zero-order chi connectivity index (χ0) is 22.8. The summed E-state index contributed by atoms with van der Waals surface area (Å²) in [6.45, 7) is 2.07. The lowest BCUT2D eigenvalue weighted by molar-refractivity contribution is -0.0248. The summed E-state index contributed by atoms with van der Waals surface area (Å²) in [6.07, 6.45) is 3.13. The van der Waals surface area contributed by atoms with Gasteiger partial charge in [0.05, 0.1) is 47.2 Å². The van der Waals surface area contributed by atoms with Crippen molar-refractivity contribution in [3.63, 3.8) is 0 Å². The average molecular weight is 464 g/mol. The van der Waals surface area contributed by atoms with Crippen LogP contribution in [0.15, 0.2) is 48.8 Å². The van der Waals surface area contributed by atoms with E-state index in [9.17, 15) is 9.65 Å². The molecule has 10 heteroatoms. The Kier molecular flexibility index (Phi) is 5.77. The predicted molar refractivity (Wildman–Crippen MR) is 123 cm³/mol. The Bertz CT molecular complexity index is 1320. The van der Waals surface area contributed by atoms with Crippen LogP contribution in [-0.2, 0) is 4.74 Å². The minimum Gasteiger partial charge on any atom is -0.383 e. The van der Waals surface area contributed by atoms with Crippen LogP contribution in [0.5, 0.6) is 0 Å². The Morgan fingerprint density at radius 3 is 2.73 bits per heavy atom. The molecule has 0 amide bonds. The van der Waals surface area contributed by atoms with Gasteiger partial charge < -0.3 is 15.4 Å². The summed E-state index contributed by atoms with van der Waals surface area (Å²) in [4.78, 5) is 4.40. The molecule has 0 aliphatic carbocycles. The second-order valence-corrected chi connectivity index (χ2v) is 8.23. The van der Waals surface area contributed by atoms with Crippen LogP contribution >= 0.6 is 11.6 Å². The molecule has 5 rings (SSSR count). The fourth-order valence-corrected chi connectivity index (χ4v) is 4.03. The van der Waals surface area contributed by atoms with Crippen molar-refractivity contribution < 1.29 is 9.13 Å². The monoisotopic (exact) mass is 463 g/mol. The van der Waals surface area contributed by atoms with Crippen molar-refractivity contribution >= 4 is 33.9 Å². The standard InChI is InChI=1S/C23H19ClFN7O/c24-19-6-17(30-22(20-10-29-32-31-20)14-1-3-16(25)4-2-14)5-18-21(27-8-13-11-33-12-13)15(7-26)9-28-23(18)19/h1-6,9-10,13,22,30H,8,11-12H2,(H,27,28)(H,29,31,32)/t22-/m0/s1. The van der Waals surface area contributed by atoms with Gasteiger partial charge >= 0.3 is 0 Å². The van der Waals surface area contributed by atoms with E-state index in [-0.39, 0.29) is 5.82 Å². The van der Waals surface area contributed by atoms with Gasteiger partial charge in [-0.15, -0.1) is 0 Å². The smallest absolute Gasteiger partial charge is 0.123 e. The number of ether oxygens (including phenoxy) is 1. The summed E-state index contributed by atoms with van der Waals surface area (Å²) >= 11 is 6.59. The molecule has 0 bridgehead atoms. The topological polar surface area (TPSA) is 112 Å². The normalized spacial score (nSPS) is 14.5. The van der Waals surface area contributed by atoms with E-state index in [4.69, 9.17) is 16.3 Å². The first-order valence-corrected chi connectivity index (χ1v) is 10.7. The van der Waals surface area contributed by atoms with E-state index in [1.54, 1.807) is 24.4 Å². The van der Waals surface area contributed by atoms with E-state index in [2.05, 4.69) is 37.1 Å². The molecule has 33 heavy (non-hydrogen) atoms. The van der Waals surface area contributed by atoms with Gasteiger partial charge in [0.2, 0.25) is 0 Å². The van der Waals surface area contributed by atoms with E-state index in [1.807, 2.05) is 6.07 Å². The maximum Gasteiger partial charge on any atom is 0.123 e. The highest BCUT2D eigenvalue weighted by molar-refractivity contribution is 6.35. The van der Waals surface area contributed by atoms with Crippen LogP contribution in [0.2, 0.25) is 5.02 Å². The Morgan fingerprint density at radius 2 is 2.06 bits per heavy atom. The van der Waals surface area contributed by atoms with Crippen LogP contribution in [0.4, 0.5) is 15.8 Å². The summed E-state index contributed by atoms with van der Waals surface area (Å²) in [5.74, 6) is 0.0700. The Morgan fingerprint density at radius 1 is 1.24 bits per heavy atom. The van der Waals surface area contributed by atoms with Gasteiger partial charge in [-0.1, -0.05) is 23.7 Å².